The van der Waals surface area contributed by atoms with Crippen LogP contribution in [0.4, 0.5) is 14.5 Å². The van der Waals surface area contributed by atoms with Crippen molar-refractivity contribution in [3.63, 3.8) is 0 Å². The molecule has 0 aromatic heterocycles. The predicted octanol–water partition coefficient (Wildman–Crippen LogP) is 1.78. The van der Waals surface area contributed by atoms with Gasteiger partial charge in [0, 0.05) is 31.4 Å². The molecule has 5 nitrogen and oxygen atoms in total. The van der Waals surface area contributed by atoms with E-state index in [0.29, 0.717) is 43.6 Å². The largest absolute Gasteiger partial charge is 0.342 e. The Hall–Kier alpha value is -2.02. The third-order valence-electron chi connectivity index (χ3n) is 6.05. The molecule has 26 heavy (non-hydrogen) atoms. The van der Waals surface area contributed by atoms with E-state index in [9.17, 15) is 18.4 Å². The molecule has 1 aromatic rings. The van der Waals surface area contributed by atoms with Crippen molar-refractivity contribution in [2.24, 2.45) is 17.8 Å². The fourth-order valence-electron chi connectivity index (χ4n) is 4.48. The van der Waals surface area contributed by atoms with Crippen molar-refractivity contribution in [2.75, 3.05) is 37.6 Å². The van der Waals surface area contributed by atoms with Crippen LogP contribution in [0.15, 0.2) is 18.2 Å². The number of halogens is 2. The number of benzene rings is 1. The van der Waals surface area contributed by atoms with Gasteiger partial charge in [0.1, 0.15) is 5.92 Å². The summed E-state index contributed by atoms with van der Waals surface area (Å²) >= 11 is 0. The Morgan fingerprint density at radius 3 is 2.35 bits per heavy atom. The number of nitrogens with one attached hydrogen (secondary N) is 1. The third kappa shape index (κ3) is 3.09. The zero-order valence-electron chi connectivity index (χ0n) is 14.6. The van der Waals surface area contributed by atoms with E-state index in [0.717, 1.165) is 38.1 Å². The highest BCUT2D eigenvalue weighted by molar-refractivity contribution is 6.09. The van der Waals surface area contributed by atoms with E-state index >= 15 is 0 Å². The molecule has 0 spiro atoms. The molecule has 2 amide bonds. The highest BCUT2D eigenvalue weighted by atomic mass is 19.2. The summed E-state index contributed by atoms with van der Waals surface area (Å²) in [5.74, 6) is -1.84. The van der Waals surface area contributed by atoms with Crippen LogP contribution in [0.25, 0.3) is 0 Å². The molecule has 0 aliphatic carbocycles. The molecule has 3 saturated heterocycles. The lowest BCUT2D eigenvalue weighted by Gasteiger charge is -2.24. The highest BCUT2D eigenvalue weighted by Crippen LogP contribution is 2.31. The molecule has 0 radical (unpaired) electrons. The van der Waals surface area contributed by atoms with E-state index in [2.05, 4.69) is 5.32 Å². The monoisotopic (exact) mass is 363 g/mol. The van der Waals surface area contributed by atoms with Gasteiger partial charge in [-0.1, -0.05) is 0 Å². The molecule has 1 unspecified atom stereocenters. The molecule has 0 bridgehead atoms. The second-order valence-electron chi connectivity index (χ2n) is 7.51. The zero-order valence-corrected chi connectivity index (χ0v) is 14.6. The Labute approximate surface area is 151 Å². The summed E-state index contributed by atoms with van der Waals surface area (Å²) in [7, 11) is 0. The van der Waals surface area contributed by atoms with Crippen LogP contribution >= 0.6 is 0 Å². The summed E-state index contributed by atoms with van der Waals surface area (Å²) in [6, 6.07) is 3.40. The Morgan fingerprint density at radius 2 is 1.69 bits per heavy atom. The maximum Gasteiger partial charge on any atom is 0.239 e. The van der Waals surface area contributed by atoms with Crippen molar-refractivity contribution < 1.29 is 18.4 Å². The summed E-state index contributed by atoms with van der Waals surface area (Å²) in [5.41, 5.74) is 0.306. The fourth-order valence-corrected chi connectivity index (χ4v) is 4.48. The molecule has 3 aliphatic heterocycles. The Bertz CT molecular complexity index is 713. The molecule has 3 aliphatic rings. The van der Waals surface area contributed by atoms with Crippen LogP contribution in [-0.4, -0.2) is 49.4 Å². The van der Waals surface area contributed by atoms with E-state index < -0.39 is 17.6 Å². The maximum absolute atomic E-state index is 13.5. The normalized spacial score (nSPS) is 29.0. The number of nitrogens with zero attached hydrogens (tertiary/aromatic N) is 2. The van der Waals surface area contributed by atoms with Crippen molar-refractivity contribution in [2.45, 2.75) is 19.3 Å². The lowest BCUT2D eigenvalue weighted by Crippen LogP contribution is -2.41. The summed E-state index contributed by atoms with van der Waals surface area (Å²) in [6.07, 6.45) is 2.36. The lowest BCUT2D eigenvalue weighted by molar-refractivity contribution is -0.139. The van der Waals surface area contributed by atoms with Crippen LogP contribution in [0.3, 0.4) is 0 Å². The average Bonchev–Trinajstić information content (AvgIpc) is 3.18. The molecule has 140 valence electrons. The van der Waals surface area contributed by atoms with Gasteiger partial charge < -0.3 is 15.1 Å². The lowest BCUT2D eigenvalue weighted by atomic mass is 9.92. The van der Waals surface area contributed by atoms with Gasteiger partial charge in [-0.3, -0.25) is 9.59 Å². The van der Waals surface area contributed by atoms with Crippen molar-refractivity contribution in [3.8, 4) is 0 Å². The van der Waals surface area contributed by atoms with E-state index in [1.165, 1.54) is 11.0 Å². The van der Waals surface area contributed by atoms with Crippen LogP contribution < -0.4 is 10.2 Å². The van der Waals surface area contributed by atoms with Gasteiger partial charge in [-0.25, -0.2) is 8.78 Å². The number of carbonyl (C=O) groups is 2. The van der Waals surface area contributed by atoms with Gasteiger partial charge in [0.05, 0.1) is 0 Å². The van der Waals surface area contributed by atoms with E-state index in [-0.39, 0.29) is 11.8 Å². The number of rotatable bonds is 2. The molecule has 3 heterocycles. The minimum atomic E-state index is -0.988. The fraction of sp³-hybridized carbons (Fsp3) is 0.579. The molecule has 0 saturated carbocycles. The van der Waals surface area contributed by atoms with E-state index in [1.54, 1.807) is 0 Å². The van der Waals surface area contributed by atoms with Crippen LogP contribution in [0.1, 0.15) is 19.3 Å². The Kier molecular flexibility index (Phi) is 4.65. The Balaban J connectivity index is 1.44. The van der Waals surface area contributed by atoms with Crippen molar-refractivity contribution in [3.05, 3.63) is 29.8 Å². The van der Waals surface area contributed by atoms with Crippen LogP contribution in [0.2, 0.25) is 0 Å². The minimum absolute atomic E-state index is 0.118. The zero-order chi connectivity index (χ0) is 18.3. The molecule has 1 aromatic carbocycles. The van der Waals surface area contributed by atoms with Gasteiger partial charge in [-0.2, -0.15) is 0 Å². The third-order valence-corrected chi connectivity index (χ3v) is 6.05. The van der Waals surface area contributed by atoms with Crippen molar-refractivity contribution in [1.82, 2.24) is 10.2 Å². The quantitative estimate of drug-likeness (QED) is 0.815. The van der Waals surface area contributed by atoms with Gasteiger partial charge in [0.2, 0.25) is 11.8 Å². The van der Waals surface area contributed by atoms with Crippen molar-refractivity contribution in [1.29, 1.82) is 0 Å². The first kappa shape index (κ1) is 17.4. The van der Waals surface area contributed by atoms with E-state index in [1.807, 2.05) is 4.90 Å². The van der Waals surface area contributed by atoms with Gasteiger partial charge in [0.25, 0.3) is 0 Å². The molecular weight excluding hydrogens is 340 g/mol. The average molecular weight is 363 g/mol. The SMILES string of the molecule is O=C(C1CCN(c2ccc(F)c(F)c2)C1=O)N1CC[C@@H]2CNC[C@@H]2CC1. The molecule has 1 N–H and O–H groups in total. The van der Waals surface area contributed by atoms with E-state index in [4.69, 9.17) is 0 Å². The first-order chi connectivity index (χ1) is 12.5. The maximum atomic E-state index is 13.5. The number of amides is 2. The molecular formula is C19H23F2N3O2. The summed E-state index contributed by atoms with van der Waals surface area (Å²) < 4.78 is 26.6. The highest BCUT2D eigenvalue weighted by Gasteiger charge is 2.41. The molecule has 3 fully saturated rings. The summed E-state index contributed by atoms with van der Waals surface area (Å²) in [5, 5.41) is 3.41. The molecule has 3 atom stereocenters. The number of likely N-dealkylation sites (tertiary alicyclic amines) is 1. The van der Waals surface area contributed by atoms with Crippen LogP contribution in [0, 0.1) is 29.4 Å². The molecule has 7 heteroatoms. The smallest absolute Gasteiger partial charge is 0.239 e. The second-order valence-corrected chi connectivity index (χ2v) is 7.51. The first-order valence-corrected chi connectivity index (χ1v) is 9.30. The van der Waals surface area contributed by atoms with Crippen molar-refractivity contribution >= 4 is 17.5 Å². The van der Waals surface area contributed by atoms with Crippen LogP contribution in [-0.2, 0) is 9.59 Å². The molecule has 4 rings (SSSR count). The summed E-state index contributed by atoms with van der Waals surface area (Å²) in [4.78, 5) is 28.8. The number of fused-ring (bicyclic) bond motifs is 1. The Morgan fingerprint density at radius 1 is 1.00 bits per heavy atom. The minimum Gasteiger partial charge on any atom is -0.342 e. The first-order valence-electron chi connectivity index (χ1n) is 9.30. The second kappa shape index (κ2) is 6.95. The van der Waals surface area contributed by atoms with Gasteiger partial charge in [-0.05, 0) is 56.3 Å². The predicted molar refractivity (Wildman–Crippen MR) is 92.5 cm³/mol. The number of carbonyl (C=O) groups excluding carboxylic acids is 2. The van der Waals surface area contributed by atoms with Gasteiger partial charge in [-0.15, -0.1) is 0 Å². The number of hydrogen-bond acceptors (Lipinski definition) is 3. The number of hydrogen-bond donors (Lipinski definition) is 1. The topological polar surface area (TPSA) is 52.7 Å². The van der Waals surface area contributed by atoms with Crippen LogP contribution in [0.5, 0.6) is 0 Å². The standard InChI is InChI=1S/C19H23F2N3O2/c20-16-2-1-14(9-17(16)21)24-8-5-15(19(24)26)18(25)23-6-3-12-10-22-11-13(12)4-7-23/h1-2,9,12-13,15,22H,3-8,10-11H2/t12-,13+,15?. The number of anilines is 1. The summed E-state index contributed by atoms with van der Waals surface area (Å²) in [6.45, 7) is 3.76. The van der Waals surface area contributed by atoms with Gasteiger partial charge in [0.15, 0.2) is 11.6 Å². The van der Waals surface area contributed by atoms with Gasteiger partial charge >= 0.3 is 0 Å².